The maximum atomic E-state index is 13.0. The molecule has 0 atom stereocenters. The van der Waals surface area contributed by atoms with Gasteiger partial charge in [-0.1, -0.05) is 17.7 Å². The van der Waals surface area contributed by atoms with Gasteiger partial charge in [-0.15, -0.1) is 11.3 Å². The van der Waals surface area contributed by atoms with Gasteiger partial charge in [0, 0.05) is 17.6 Å². The molecule has 3 aromatic rings. The molecular weight excluding hydrogens is 343 g/mol. The van der Waals surface area contributed by atoms with Crippen LogP contribution in [0.15, 0.2) is 40.9 Å². The smallest absolute Gasteiger partial charge is 0.277 e. The Balaban J connectivity index is 1.56. The minimum atomic E-state index is -0.479. The molecule has 3 rings (SSSR count). The van der Waals surface area contributed by atoms with Gasteiger partial charge in [0.1, 0.15) is 17.3 Å². The van der Waals surface area contributed by atoms with E-state index in [1.165, 1.54) is 35.8 Å². The van der Waals surface area contributed by atoms with Crippen LogP contribution in [0, 0.1) is 5.82 Å². The first-order valence-electron chi connectivity index (χ1n) is 6.45. The Kier molecular flexibility index (Phi) is 4.54. The lowest BCUT2D eigenvalue weighted by atomic mass is 10.3. The number of ether oxygens (including phenoxy) is 1. The van der Waals surface area contributed by atoms with E-state index in [4.69, 9.17) is 16.3 Å². The molecule has 6 nitrogen and oxygen atoms in total. The second-order valence-corrected chi connectivity index (χ2v) is 5.61. The number of aromatic nitrogens is 2. The van der Waals surface area contributed by atoms with Gasteiger partial charge in [0.2, 0.25) is 0 Å². The third-order valence-corrected chi connectivity index (χ3v) is 3.83. The number of nitrogens with one attached hydrogen (secondary N) is 1. The zero-order valence-corrected chi connectivity index (χ0v) is 13.1. The Morgan fingerprint density at radius 3 is 3.26 bits per heavy atom. The summed E-state index contributed by atoms with van der Waals surface area (Å²) in [4.78, 5) is 16.5. The molecule has 0 unspecified atom stereocenters. The van der Waals surface area contributed by atoms with E-state index in [1.807, 2.05) is 5.38 Å². The fourth-order valence-corrected chi connectivity index (χ4v) is 2.79. The molecule has 118 valence electrons. The molecule has 1 N–H and O–H groups in total. The van der Waals surface area contributed by atoms with Crippen molar-refractivity contribution in [1.82, 2.24) is 14.8 Å². The summed E-state index contributed by atoms with van der Waals surface area (Å²) in [5.74, 6) is -0.647. The minimum absolute atomic E-state index is 0.267. The number of carbonyl (C=O) groups is 1. The zero-order chi connectivity index (χ0) is 16.2. The lowest BCUT2D eigenvalue weighted by molar-refractivity contribution is -0.123. The van der Waals surface area contributed by atoms with E-state index in [1.54, 1.807) is 16.7 Å². The summed E-state index contributed by atoms with van der Waals surface area (Å²) in [5.41, 5.74) is 2.87. The van der Waals surface area contributed by atoms with Crippen molar-refractivity contribution in [3.8, 4) is 5.75 Å². The third-order valence-electron chi connectivity index (χ3n) is 2.80. The molecule has 0 aliphatic carbocycles. The van der Waals surface area contributed by atoms with Crippen molar-refractivity contribution in [2.24, 2.45) is 5.10 Å². The summed E-state index contributed by atoms with van der Waals surface area (Å²) in [6, 6.07) is 5.53. The van der Waals surface area contributed by atoms with Crippen molar-refractivity contribution in [2.75, 3.05) is 6.61 Å². The first kappa shape index (κ1) is 15.4. The second-order valence-electron chi connectivity index (χ2n) is 4.38. The lowest BCUT2D eigenvalue weighted by Gasteiger charge is -2.04. The number of amides is 1. The van der Waals surface area contributed by atoms with Crippen LogP contribution in [0.3, 0.4) is 0 Å². The molecule has 23 heavy (non-hydrogen) atoms. The first-order chi connectivity index (χ1) is 11.1. The Hall–Kier alpha value is -2.45. The normalized spacial score (nSPS) is 11.2. The SMILES string of the molecule is O=C(COc1cccc(F)c1)N/N=C\c1c(Cl)nc2sccn12. The van der Waals surface area contributed by atoms with Crippen molar-refractivity contribution in [3.05, 3.63) is 52.5 Å². The summed E-state index contributed by atoms with van der Waals surface area (Å²) in [6.45, 7) is -0.283. The molecule has 0 fully saturated rings. The van der Waals surface area contributed by atoms with Crippen LogP contribution in [0.2, 0.25) is 5.15 Å². The Labute approximate surface area is 139 Å². The van der Waals surface area contributed by atoms with E-state index in [2.05, 4.69) is 15.5 Å². The summed E-state index contributed by atoms with van der Waals surface area (Å²) in [6.07, 6.45) is 3.20. The largest absolute Gasteiger partial charge is 0.484 e. The fourth-order valence-electron chi connectivity index (χ4n) is 1.80. The number of hydrogen-bond donors (Lipinski definition) is 1. The van der Waals surface area contributed by atoms with E-state index in [0.29, 0.717) is 10.8 Å². The molecule has 0 aliphatic rings. The number of fused-ring (bicyclic) bond motifs is 1. The highest BCUT2D eigenvalue weighted by atomic mass is 35.5. The van der Waals surface area contributed by atoms with Gasteiger partial charge >= 0.3 is 0 Å². The predicted octanol–water partition coefficient (Wildman–Crippen LogP) is 2.72. The average Bonchev–Trinajstić information content (AvgIpc) is 3.07. The van der Waals surface area contributed by atoms with E-state index < -0.39 is 11.7 Å². The summed E-state index contributed by atoms with van der Waals surface area (Å²) < 4.78 is 19.9. The number of halogens is 2. The topological polar surface area (TPSA) is 68.0 Å². The molecule has 0 aliphatic heterocycles. The zero-order valence-electron chi connectivity index (χ0n) is 11.6. The number of imidazole rings is 1. The minimum Gasteiger partial charge on any atom is -0.484 e. The molecule has 2 aromatic heterocycles. The van der Waals surface area contributed by atoms with Gasteiger partial charge in [-0.2, -0.15) is 5.10 Å². The van der Waals surface area contributed by atoms with Crippen LogP contribution >= 0.6 is 22.9 Å². The monoisotopic (exact) mass is 352 g/mol. The van der Waals surface area contributed by atoms with Crippen LogP contribution in [0.5, 0.6) is 5.75 Å². The van der Waals surface area contributed by atoms with E-state index in [0.717, 1.165) is 4.96 Å². The van der Waals surface area contributed by atoms with Crippen molar-refractivity contribution in [3.63, 3.8) is 0 Å². The molecule has 1 aromatic carbocycles. The van der Waals surface area contributed by atoms with Gasteiger partial charge in [0.15, 0.2) is 16.7 Å². The van der Waals surface area contributed by atoms with Crippen LogP contribution < -0.4 is 10.2 Å². The van der Waals surface area contributed by atoms with Gasteiger partial charge < -0.3 is 4.74 Å². The highest BCUT2D eigenvalue weighted by Crippen LogP contribution is 2.19. The molecule has 0 radical (unpaired) electrons. The Morgan fingerprint density at radius 2 is 2.43 bits per heavy atom. The molecule has 0 saturated carbocycles. The van der Waals surface area contributed by atoms with Gasteiger partial charge in [-0.3, -0.25) is 9.20 Å². The lowest BCUT2D eigenvalue weighted by Crippen LogP contribution is -2.24. The third kappa shape index (κ3) is 3.66. The second kappa shape index (κ2) is 6.76. The van der Waals surface area contributed by atoms with E-state index >= 15 is 0 Å². The van der Waals surface area contributed by atoms with Gasteiger partial charge in [-0.25, -0.2) is 14.8 Å². The molecule has 0 bridgehead atoms. The maximum Gasteiger partial charge on any atom is 0.277 e. The van der Waals surface area contributed by atoms with Gasteiger partial charge in [-0.05, 0) is 12.1 Å². The molecule has 9 heteroatoms. The number of hydrazone groups is 1. The van der Waals surface area contributed by atoms with Gasteiger partial charge in [0.25, 0.3) is 5.91 Å². The van der Waals surface area contributed by atoms with Gasteiger partial charge in [0.05, 0.1) is 6.21 Å². The fraction of sp³-hybridized carbons (Fsp3) is 0.0714. The van der Waals surface area contributed by atoms with Crippen LogP contribution in [0.25, 0.3) is 4.96 Å². The Morgan fingerprint density at radius 1 is 1.57 bits per heavy atom. The standard InChI is InChI=1S/C14H10ClFN4O2S/c15-13-11(20-4-5-23-14(20)18-13)7-17-19-12(21)8-22-10-3-1-2-9(16)6-10/h1-7H,8H2,(H,19,21)/b17-7-. The molecule has 0 saturated heterocycles. The highest BCUT2D eigenvalue weighted by molar-refractivity contribution is 7.15. The maximum absolute atomic E-state index is 13.0. The average molecular weight is 353 g/mol. The number of nitrogens with zero attached hydrogens (tertiary/aromatic N) is 3. The molecule has 0 spiro atoms. The van der Waals surface area contributed by atoms with Crippen LogP contribution in [-0.4, -0.2) is 28.1 Å². The van der Waals surface area contributed by atoms with Crippen LogP contribution in [-0.2, 0) is 4.79 Å². The quantitative estimate of drug-likeness (QED) is 0.567. The summed E-state index contributed by atoms with van der Waals surface area (Å²) in [7, 11) is 0. The number of rotatable bonds is 5. The first-order valence-corrected chi connectivity index (χ1v) is 7.70. The van der Waals surface area contributed by atoms with Crippen molar-refractivity contribution >= 4 is 40.0 Å². The molecule has 1 amide bonds. The highest BCUT2D eigenvalue weighted by Gasteiger charge is 2.09. The van der Waals surface area contributed by atoms with Crippen molar-refractivity contribution in [2.45, 2.75) is 0 Å². The molecular formula is C14H10ClFN4O2S. The van der Waals surface area contributed by atoms with Crippen LogP contribution in [0.1, 0.15) is 5.69 Å². The van der Waals surface area contributed by atoms with Crippen molar-refractivity contribution < 1.29 is 13.9 Å². The number of benzene rings is 1. The Bertz CT molecular complexity index is 877. The summed E-state index contributed by atoms with van der Waals surface area (Å²) in [5, 5.41) is 5.97. The van der Waals surface area contributed by atoms with Crippen molar-refractivity contribution in [1.29, 1.82) is 0 Å². The molecule has 2 heterocycles. The van der Waals surface area contributed by atoms with E-state index in [-0.39, 0.29) is 12.4 Å². The van der Waals surface area contributed by atoms with Crippen LogP contribution in [0.4, 0.5) is 4.39 Å². The predicted molar refractivity (Wildman–Crippen MR) is 85.7 cm³/mol. The number of carbonyl (C=O) groups excluding carboxylic acids is 1. The number of hydrogen-bond acceptors (Lipinski definition) is 5. The number of thiazole rings is 1. The summed E-state index contributed by atoms with van der Waals surface area (Å²) >= 11 is 7.43. The van der Waals surface area contributed by atoms with E-state index in [9.17, 15) is 9.18 Å².